The molecule has 0 bridgehead atoms. The first-order chi connectivity index (χ1) is 9.99. The molecule has 1 aromatic heterocycles. The average molecular weight is 290 g/mol. The maximum absolute atomic E-state index is 13.0. The van der Waals surface area contributed by atoms with Gasteiger partial charge in [-0.1, -0.05) is 19.0 Å². The van der Waals surface area contributed by atoms with E-state index in [1.807, 2.05) is 0 Å². The molecule has 0 aliphatic carbocycles. The van der Waals surface area contributed by atoms with Crippen molar-refractivity contribution in [1.82, 2.24) is 10.5 Å². The standard InChI is InChI=1S/C16H19FN2O2/c1-10(2)8-9-18-16(20)14-11(3)21-19-15(14)12-4-6-13(17)7-5-12/h4-7,10H,8-9H2,1-3H3,(H,18,20). The smallest absolute Gasteiger partial charge is 0.257 e. The second-order valence-corrected chi connectivity index (χ2v) is 5.41. The molecule has 5 heteroatoms. The molecule has 0 unspecified atom stereocenters. The van der Waals surface area contributed by atoms with Crippen LogP contribution in [0, 0.1) is 18.7 Å². The number of halogens is 1. The molecule has 2 aromatic rings. The van der Waals surface area contributed by atoms with Gasteiger partial charge in [-0.3, -0.25) is 4.79 Å². The summed E-state index contributed by atoms with van der Waals surface area (Å²) in [7, 11) is 0. The minimum atomic E-state index is -0.332. The Hall–Kier alpha value is -2.17. The molecule has 0 saturated heterocycles. The summed E-state index contributed by atoms with van der Waals surface area (Å²) in [4.78, 5) is 12.3. The zero-order valence-electron chi connectivity index (χ0n) is 12.4. The highest BCUT2D eigenvalue weighted by Crippen LogP contribution is 2.25. The van der Waals surface area contributed by atoms with Crippen molar-refractivity contribution in [2.24, 2.45) is 5.92 Å². The Balaban J connectivity index is 2.21. The summed E-state index contributed by atoms with van der Waals surface area (Å²) < 4.78 is 18.1. The van der Waals surface area contributed by atoms with Gasteiger partial charge >= 0.3 is 0 Å². The van der Waals surface area contributed by atoms with Crippen molar-refractivity contribution >= 4 is 5.91 Å². The van der Waals surface area contributed by atoms with Crippen LogP contribution < -0.4 is 5.32 Å². The second-order valence-electron chi connectivity index (χ2n) is 5.41. The van der Waals surface area contributed by atoms with E-state index in [0.29, 0.717) is 35.0 Å². The zero-order chi connectivity index (χ0) is 15.4. The van der Waals surface area contributed by atoms with Crippen molar-refractivity contribution in [3.05, 3.63) is 41.4 Å². The lowest BCUT2D eigenvalue weighted by Crippen LogP contribution is -2.26. The summed E-state index contributed by atoms with van der Waals surface area (Å²) in [5, 5.41) is 6.79. The van der Waals surface area contributed by atoms with Crippen LogP contribution in [0.15, 0.2) is 28.8 Å². The molecule has 1 amide bonds. The molecule has 0 saturated carbocycles. The van der Waals surface area contributed by atoms with Crippen LogP contribution in [-0.4, -0.2) is 17.6 Å². The largest absolute Gasteiger partial charge is 0.360 e. The zero-order valence-corrected chi connectivity index (χ0v) is 12.4. The third kappa shape index (κ3) is 3.68. The third-order valence-corrected chi connectivity index (χ3v) is 3.21. The van der Waals surface area contributed by atoms with Crippen molar-refractivity contribution in [3.63, 3.8) is 0 Å². The lowest BCUT2D eigenvalue weighted by molar-refractivity contribution is 0.0951. The first-order valence-electron chi connectivity index (χ1n) is 6.99. The Labute approximate surface area is 123 Å². The maximum Gasteiger partial charge on any atom is 0.257 e. The van der Waals surface area contributed by atoms with E-state index in [1.54, 1.807) is 19.1 Å². The molecule has 1 N–H and O–H groups in total. The van der Waals surface area contributed by atoms with Gasteiger partial charge in [-0.05, 0) is 43.5 Å². The molecule has 0 fully saturated rings. The third-order valence-electron chi connectivity index (χ3n) is 3.21. The number of benzene rings is 1. The molecule has 21 heavy (non-hydrogen) atoms. The minimum Gasteiger partial charge on any atom is -0.360 e. The number of aromatic nitrogens is 1. The van der Waals surface area contributed by atoms with Crippen molar-refractivity contribution in [3.8, 4) is 11.3 Å². The van der Waals surface area contributed by atoms with E-state index in [-0.39, 0.29) is 11.7 Å². The normalized spacial score (nSPS) is 10.9. The van der Waals surface area contributed by atoms with Gasteiger partial charge in [0.05, 0.1) is 0 Å². The molecule has 4 nitrogen and oxygen atoms in total. The number of amides is 1. The Kier molecular flexibility index (Phi) is 4.73. The fraction of sp³-hybridized carbons (Fsp3) is 0.375. The Morgan fingerprint density at radius 3 is 2.62 bits per heavy atom. The molecule has 0 aliphatic rings. The van der Waals surface area contributed by atoms with Crippen molar-refractivity contribution < 1.29 is 13.7 Å². The van der Waals surface area contributed by atoms with Gasteiger partial charge in [-0.25, -0.2) is 4.39 Å². The van der Waals surface area contributed by atoms with Crippen LogP contribution >= 0.6 is 0 Å². The van der Waals surface area contributed by atoms with E-state index in [2.05, 4.69) is 24.3 Å². The number of nitrogens with zero attached hydrogens (tertiary/aromatic N) is 1. The predicted molar refractivity (Wildman–Crippen MR) is 78.4 cm³/mol. The second kappa shape index (κ2) is 6.52. The minimum absolute atomic E-state index is 0.214. The summed E-state index contributed by atoms with van der Waals surface area (Å²) in [5.74, 6) is 0.428. The maximum atomic E-state index is 13.0. The highest BCUT2D eigenvalue weighted by atomic mass is 19.1. The van der Waals surface area contributed by atoms with E-state index in [4.69, 9.17) is 4.52 Å². The van der Waals surface area contributed by atoms with Gasteiger partial charge in [0.1, 0.15) is 22.8 Å². The van der Waals surface area contributed by atoms with E-state index in [1.165, 1.54) is 12.1 Å². The molecule has 2 rings (SSSR count). The van der Waals surface area contributed by atoms with E-state index in [0.717, 1.165) is 6.42 Å². The van der Waals surface area contributed by atoms with E-state index >= 15 is 0 Å². The fourth-order valence-corrected chi connectivity index (χ4v) is 2.01. The van der Waals surface area contributed by atoms with E-state index in [9.17, 15) is 9.18 Å². The van der Waals surface area contributed by atoms with Gasteiger partial charge in [-0.2, -0.15) is 0 Å². The number of carbonyl (C=O) groups is 1. The SMILES string of the molecule is Cc1onc(-c2ccc(F)cc2)c1C(=O)NCCC(C)C. The summed E-state index contributed by atoms with van der Waals surface area (Å²) >= 11 is 0. The van der Waals surface area contributed by atoms with Gasteiger partial charge in [-0.15, -0.1) is 0 Å². The summed E-state index contributed by atoms with van der Waals surface area (Å²) in [6, 6.07) is 5.83. The van der Waals surface area contributed by atoms with Gasteiger partial charge < -0.3 is 9.84 Å². The molecular weight excluding hydrogens is 271 g/mol. The number of nitrogens with one attached hydrogen (secondary N) is 1. The van der Waals surface area contributed by atoms with E-state index < -0.39 is 0 Å². The van der Waals surface area contributed by atoms with Gasteiger partial charge in [0.25, 0.3) is 5.91 Å². The van der Waals surface area contributed by atoms with Gasteiger partial charge in [0, 0.05) is 12.1 Å². The van der Waals surface area contributed by atoms with Crippen LogP contribution in [-0.2, 0) is 0 Å². The Morgan fingerprint density at radius 2 is 2.00 bits per heavy atom. The van der Waals surface area contributed by atoms with Crippen LogP contribution in [0.2, 0.25) is 0 Å². The lowest BCUT2D eigenvalue weighted by Gasteiger charge is -2.07. The Bertz CT molecular complexity index is 618. The first kappa shape index (κ1) is 15.2. The number of rotatable bonds is 5. The van der Waals surface area contributed by atoms with Crippen molar-refractivity contribution in [2.75, 3.05) is 6.54 Å². The molecule has 1 aromatic carbocycles. The highest BCUT2D eigenvalue weighted by Gasteiger charge is 2.21. The van der Waals surface area contributed by atoms with Crippen LogP contribution in [0.3, 0.4) is 0 Å². The molecule has 1 heterocycles. The molecule has 112 valence electrons. The summed E-state index contributed by atoms with van der Waals surface area (Å²) in [6.45, 7) is 6.49. The molecular formula is C16H19FN2O2. The average Bonchev–Trinajstić information content (AvgIpc) is 2.81. The molecule has 0 spiro atoms. The number of carbonyl (C=O) groups excluding carboxylic acids is 1. The fourth-order valence-electron chi connectivity index (χ4n) is 2.01. The summed E-state index contributed by atoms with van der Waals surface area (Å²) in [6.07, 6.45) is 0.905. The monoisotopic (exact) mass is 290 g/mol. The number of hydrogen-bond acceptors (Lipinski definition) is 3. The van der Waals surface area contributed by atoms with Crippen LogP contribution in [0.25, 0.3) is 11.3 Å². The number of aryl methyl sites for hydroxylation is 1. The Morgan fingerprint density at radius 1 is 1.33 bits per heavy atom. The van der Waals surface area contributed by atoms with Crippen molar-refractivity contribution in [1.29, 1.82) is 0 Å². The first-order valence-corrected chi connectivity index (χ1v) is 6.99. The lowest BCUT2D eigenvalue weighted by atomic mass is 10.1. The number of hydrogen-bond donors (Lipinski definition) is 1. The quantitative estimate of drug-likeness (QED) is 0.916. The highest BCUT2D eigenvalue weighted by molar-refractivity contribution is 6.00. The molecule has 0 atom stereocenters. The van der Waals surface area contributed by atoms with Crippen LogP contribution in [0.1, 0.15) is 36.4 Å². The topological polar surface area (TPSA) is 55.1 Å². The molecule has 0 aliphatic heterocycles. The molecule has 0 radical (unpaired) electrons. The van der Waals surface area contributed by atoms with Crippen LogP contribution in [0.4, 0.5) is 4.39 Å². The predicted octanol–water partition coefficient (Wildman–Crippen LogP) is 3.57. The van der Waals surface area contributed by atoms with Crippen molar-refractivity contribution in [2.45, 2.75) is 27.2 Å². The van der Waals surface area contributed by atoms with Gasteiger partial charge in [0.15, 0.2) is 0 Å². The van der Waals surface area contributed by atoms with Crippen LogP contribution in [0.5, 0.6) is 0 Å². The summed E-state index contributed by atoms with van der Waals surface area (Å²) in [5.41, 5.74) is 1.50. The van der Waals surface area contributed by atoms with Gasteiger partial charge in [0.2, 0.25) is 0 Å².